The van der Waals surface area contributed by atoms with Gasteiger partial charge < -0.3 is 25.6 Å². The maximum atomic E-state index is 14.6. The summed E-state index contributed by atoms with van der Waals surface area (Å²) >= 11 is 0. The number of carbonyl (C=O) groups excluding carboxylic acids is 2. The molecule has 1 aliphatic rings. The van der Waals surface area contributed by atoms with E-state index in [0.29, 0.717) is 22.0 Å². The van der Waals surface area contributed by atoms with Crippen LogP contribution in [0.1, 0.15) is 30.6 Å². The van der Waals surface area contributed by atoms with Crippen LogP contribution in [0.2, 0.25) is 0 Å². The highest BCUT2D eigenvalue weighted by Gasteiger charge is 2.25. The molecule has 0 unspecified atom stereocenters. The van der Waals surface area contributed by atoms with E-state index in [9.17, 15) is 14.0 Å². The first-order valence-corrected chi connectivity index (χ1v) is 12.8. The SMILES string of the molecule is CNC(=O)CCOc1ncc2c(N3C[C@H](C)N[C@@H](C)C3)ccc(C(=O)Nc3cc(F)c4nn(C)cc4c3)c2n1. The molecule has 0 aliphatic carbocycles. The van der Waals surface area contributed by atoms with Gasteiger partial charge in [-0.2, -0.15) is 10.1 Å². The van der Waals surface area contributed by atoms with E-state index in [-0.39, 0.29) is 48.1 Å². The van der Waals surface area contributed by atoms with Gasteiger partial charge in [0.15, 0.2) is 5.82 Å². The standard InChI is InChI=1S/C27H31FN8O3/c1-15-12-36(13-16(2)31-15)22-6-5-19(25-20(22)11-30-27(33-25)39-8-7-23(37)29-3)26(38)32-18-9-17-14-35(4)34-24(17)21(28)10-18/h5-6,9-11,14-16,31H,7-8,12-13H2,1-4H3,(H,29,37)(H,32,38)/t15-,16-/m0/s1. The summed E-state index contributed by atoms with van der Waals surface area (Å²) in [7, 11) is 3.26. The summed E-state index contributed by atoms with van der Waals surface area (Å²) in [5.41, 5.74) is 2.13. The van der Waals surface area contributed by atoms with E-state index in [1.165, 1.54) is 10.7 Å². The average Bonchev–Trinajstić information content (AvgIpc) is 3.27. The van der Waals surface area contributed by atoms with E-state index >= 15 is 0 Å². The Hall–Kier alpha value is -4.32. The number of halogens is 1. The van der Waals surface area contributed by atoms with Crippen molar-refractivity contribution in [3.63, 3.8) is 0 Å². The monoisotopic (exact) mass is 534 g/mol. The van der Waals surface area contributed by atoms with Gasteiger partial charge in [0.1, 0.15) is 12.1 Å². The number of aryl methyl sites for hydroxylation is 1. The molecule has 0 radical (unpaired) electrons. The molecule has 2 amide bonds. The zero-order valence-corrected chi connectivity index (χ0v) is 22.3. The number of ether oxygens (including phenoxy) is 1. The van der Waals surface area contributed by atoms with Crippen LogP contribution < -0.4 is 25.6 Å². The number of amides is 2. The highest BCUT2D eigenvalue weighted by molar-refractivity contribution is 6.14. The van der Waals surface area contributed by atoms with Crippen molar-refractivity contribution in [2.45, 2.75) is 32.4 Å². The minimum absolute atomic E-state index is 0.0578. The first-order chi connectivity index (χ1) is 18.7. The molecule has 1 fully saturated rings. The van der Waals surface area contributed by atoms with Crippen LogP contribution >= 0.6 is 0 Å². The number of nitrogens with zero attached hydrogens (tertiary/aromatic N) is 5. The minimum Gasteiger partial charge on any atom is -0.463 e. The zero-order chi connectivity index (χ0) is 27.7. The Bertz CT molecular complexity index is 1550. The summed E-state index contributed by atoms with van der Waals surface area (Å²) < 4.78 is 21.8. The predicted octanol–water partition coefficient (Wildman–Crippen LogP) is 2.61. The summed E-state index contributed by atoms with van der Waals surface area (Å²) in [6.07, 6.45) is 3.47. The van der Waals surface area contributed by atoms with Crippen LogP contribution in [0.4, 0.5) is 15.8 Å². The third-order valence-corrected chi connectivity index (χ3v) is 6.62. The van der Waals surface area contributed by atoms with E-state index in [1.807, 2.05) is 6.07 Å². The van der Waals surface area contributed by atoms with Gasteiger partial charge in [-0.1, -0.05) is 0 Å². The maximum Gasteiger partial charge on any atom is 0.316 e. The van der Waals surface area contributed by atoms with Crippen LogP contribution in [0.3, 0.4) is 0 Å². The van der Waals surface area contributed by atoms with Crippen molar-refractivity contribution < 1.29 is 18.7 Å². The quantitative estimate of drug-likeness (QED) is 0.330. The lowest BCUT2D eigenvalue weighted by Gasteiger charge is -2.38. The number of carbonyl (C=O) groups is 2. The summed E-state index contributed by atoms with van der Waals surface area (Å²) in [4.78, 5) is 36.3. The summed E-state index contributed by atoms with van der Waals surface area (Å²) in [5, 5.41) is 14.2. The Morgan fingerprint density at radius 1 is 1.18 bits per heavy atom. The van der Waals surface area contributed by atoms with Gasteiger partial charge in [-0.3, -0.25) is 14.3 Å². The number of rotatable bonds is 7. The fourth-order valence-electron chi connectivity index (χ4n) is 4.98. The van der Waals surface area contributed by atoms with E-state index in [0.717, 1.165) is 18.8 Å². The molecule has 1 aliphatic heterocycles. The highest BCUT2D eigenvalue weighted by Crippen LogP contribution is 2.31. The van der Waals surface area contributed by atoms with E-state index < -0.39 is 11.7 Å². The Morgan fingerprint density at radius 2 is 1.95 bits per heavy atom. The molecule has 3 N–H and O–H groups in total. The molecule has 204 valence electrons. The number of fused-ring (bicyclic) bond motifs is 2. The topological polar surface area (TPSA) is 126 Å². The zero-order valence-electron chi connectivity index (χ0n) is 22.3. The fourth-order valence-corrected chi connectivity index (χ4v) is 4.98. The number of nitrogens with one attached hydrogen (secondary N) is 3. The fraction of sp³-hybridized carbons (Fsp3) is 0.370. The predicted molar refractivity (Wildman–Crippen MR) is 147 cm³/mol. The van der Waals surface area contributed by atoms with Gasteiger partial charge in [0, 0.05) is 73.8 Å². The van der Waals surface area contributed by atoms with Crippen molar-refractivity contribution in [3.8, 4) is 6.01 Å². The van der Waals surface area contributed by atoms with Gasteiger partial charge in [-0.05, 0) is 38.1 Å². The van der Waals surface area contributed by atoms with E-state index in [4.69, 9.17) is 4.74 Å². The number of hydrogen-bond donors (Lipinski definition) is 3. The van der Waals surface area contributed by atoms with Crippen molar-refractivity contribution in [1.29, 1.82) is 0 Å². The number of aromatic nitrogens is 4. The van der Waals surface area contributed by atoms with Gasteiger partial charge in [-0.15, -0.1) is 0 Å². The molecule has 3 heterocycles. The Morgan fingerprint density at radius 3 is 2.69 bits per heavy atom. The molecule has 2 atom stereocenters. The van der Waals surface area contributed by atoms with Gasteiger partial charge in [0.2, 0.25) is 5.91 Å². The van der Waals surface area contributed by atoms with Crippen molar-refractivity contribution in [3.05, 3.63) is 48.0 Å². The molecule has 2 aromatic carbocycles. The van der Waals surface area contributed by atoms with Gasteiger partial charge in [0.25, 0.3) is 5.91 Å². The lowest BCUT2D eigenvalue weighted by Crippen LogP contribution is -2.54. The molecule has 39 heavy (non-hydrogen) atoms. The Labute approximate surface area is 224 Å². The van der Waals surface area contributed by atoms with E-state index in [2.05, 4.69) is 49.8 Å². The molecule has 12 heteroatoms. The number of piperazine rings is 1. The Kier molecular flexibility index (Phi) is 7.29. The average molecular weight is 535 g/mol. The van der Waals surface area contributed by atoms with Crippen LogP contribution in [-0.4, -0.2) is 70.4 Å². The lowest BCUT2D eigenvalue weighted by molar-refractivity contribution is -0.121. The second kappa shape index (κ2) is 10.8. The van der Waals surface area contributed by atoms with Crippen LogP contribution in [0.15, 0.2) is 36.7 Å². The second-order valence-electron chi connectivity index (χ2n) is 9.85. The van der Waals surface area contributed by atoms with Gasteiger partial charge in [0.05, 0.1) is 17.5 Å². The number of hydrogen-bond acceptors (Lipinski definition) is 8. The number of benzene rings is 2. The third kappa shape index (κ3) is 5.60. The van der Waals surface area contributed by atoms with Crippen LogP contribution in [0.5, 0.6) is 6.01 Å². The molecule has 0 bridgehead atoms. The molecule has 11 nitrogen and oxygen atoms in total. The number of anilines is 2. The molecular formula is C27H31FN8O3. The minimum atomic E-state index is -0.528. The summed E-state index contributed by atoms with van der Waals surface area (Å²) in [6, 6.07) is 7.13. The van der Waals surface area contributed by atoms with Crippen molar-refractivity contribution >= 4 is 45.0 Å². The largest absolute Gasteiger partial charge is 0.463 e. The van der Waals surface area contributed by atoms with Crippen molar-refractivity contribution in [1.82, 2.24) is 30.4 Å². The lowest BCUT2D eigenvalue weighted by atomic mass is 10.0. The second-order valence-corrected chi connectivity index (χ2v) is 9.85. The van der Waals surface area contributed by atoms with Crippen molar-refractivity contribution in [2.75, 3.05) is 37.0 Å². The first kappa shape index (κ1) is 26.3. The third-order valence-electron chi connectivity index (χ3n) is 6.62. The van der Waals surface area contributed by atoms with Crippen LogP contribution in [0.25, 0.3) is 21.8 Å². The van der Waals surface area contributed by atoms with Gasteiger partial charge >= 0.3 is 6.01 Å². The molecular weight excluding hydrogens is 503 g/mol. The summed E-state index contributed by atoms with van der Waals surface area (Å²) in [6.45, 7) is 5.89. The maximum absolute atomic E-state index is 14.6. The first-order valence-electron chi connectivity index (χ1n) is 12.8. The highest BCUT2D eigenvalue weighted by atomic mass is 19.1. The molecule has 0 spiro atoms. The summed E-state index contributed by atoms with van der Waals surface area (Å²) in [5.74, 6) is -1.15. The molecule has 4 aromatic rings. The van der Waals surface area contributed by atoms with Gasteiger partial charge in [-0.25, -0.2) is 9.37 Å². The van der Waals surface area contributed by atoms with E-state index in [1.54, 1.807) is 38.6 Å². The van der Waals surface area contributed by atoms with Crippen LogP contribution in [0, 0.1) is 5.82 Å². The molecule has 1 saturated heterocycles. The van der Waals surface area contributed by atoms with Crippen molar-refractivity contribution in [2.24, 2.45) is 7.05 Å². The smallest absolute Gasteiger partial charge is 0.316 e. The normalized spacial score (nSPS) is 17.4. The van der Waals surface area contributed by atoms with Crippen LogP contribution in [-0.2, 0) is 11.8 Å². The Balaban J connectivity index is 1.51. The molecule has 5 rings (SSSR count). The molecule has 2 aromatic heterocycles. The molecule has 0 saturated carbocycles.